The second-order valence-corrected chi connectivity index (χ2v) is 6.96. The number of benzene rings is 1. The van der Waals surface area contributed by atoms with Gasteiger partial charge in [-0.15, -0.1) is 24.0 Å². The Morgan fingerprint density at radius 3 is 2.38 bits per heavy atom. The molecular weight excluding hydrogens is 498 g/mol. The lowest BCUT2D eigenvalue weighted by molar-refractivity contribution is -0.157. The highest BCUT2D eigenvalue weighted by molar-refractivity contribution is 14.0. The van der Waals surface area contributed by atoms with Crippen molar-refractivity contribution in [1.82, 2.24) is 15.1 Å². The fraction of sp³-hybridized carbons (Fsp3) is 0.579. The molecule has 0 saturated carbocycles. The third-order valence-corrected chi connectivity index (χ3v) is 4.95. The topological polar surface area (TPSA) is 51.2 Å². The molecule has 1 aliphatic heterocycles. The zero-order valence-corrected chi connectivity index (χ0v) is 19.5. The van der Waals surface area contributed by atoms with E-state index in [9.17, 15) is 18.0 Å². The lowest BCUT2D eigenvalue weighted by atomic mass is 10.1. The molecule has 29 heavy (non-hydrogen) atoms. The van der Waals surface area contributed by atoms with Gasteiger partial charge in [-0.2, -0.15) is 13.2 Å². The summed E-state index contributed by atoms with van der Waals surface area (Å²) in [5.41, 5.74) is 3.72. The van der Waals surface area contributed by atoms with Gasteiger partial charge in [-0.1, -0.05) is 12.1 Å². The number of alkyl halides is 3. The minimum Gasteiger partial charge on any atom is -0.368 e. The van der Waals surface area contributed by atoms with Gasteiger partial charge >= 0.3 is 6.18 Å². The summed E-state index contributed by atoms with van der Waals surface area (Å²) in [5, 5.41) is 2.88. The summed E-state index contributed by atoms with van der Waals surface area (Å²) in [7, 11) is 2.74. The average Bonchev–Trinajstić information content (AvgIpc) is 2.63. The van der Waals surface area contributed by atoms with E-state index in [0.29, 0.717) is 23.9 Å². The summed E-state index contributed by atoms with van der Waals surface area (Å²) in [6, 6.07) is 6.25. The number of likely N-dealkylation sites (N-methyl/N-ethyl adjacent to an activating group) is 1. The van der Waals surface area contributed by atoms with Crippen molar-refractivity contribution < 1.29 is 18.0 Å². The van der Waals surface area contributed by atoms with Crippen LogP contribution in [0.5, 0.6) is 0 Å². The number of piperazine rings is 1. The Morgan fingerprint density at radius 2 is 1.83 bits per heavy atom. The van der Waals surface area contributed by atoms with Gasteiger partial charge in [0.2, 0.25) is 5.91 Å². The molecule has 10 heteroatoms. The number of nitrogens with one attached hydrogen (secondary N) is 1. The van der Waals surface area contributed by atoms with Crippen LogP contribution < -0.4 is 10.2 Å². The van der Waals surface area contributed by atoms with Crippen LogP contribution >= 0.6 is 24.0 Å². The molecule has 1 aromatic rings. The first kappa shape index (κ1) is 25.3. The number of halogens is 4. The number of hydrogen-bond donors (Lipinski definition) is 1. The van der Waals surface area contributed by atoms with Gasteiger partial charge < -0.3 is 20.0 Å². The van der Waals surface area contributed by atoms with E-state index in [1.165, 1.54) is 16.8 Å². The number of aryl methyl sites for hydroxylation is 1. The van der Waals surface area contributed by atoms with Crippen LogP contribution in [0.2, 0.25) is 0 Å². The normalized spacial score (nSPS) is 15.1. The Morgan fingerprint density at radius 1 is 1.21 bits per heavy atom. The molecule has 2 rings (SSSR count). The number of amides is 1. The van der Waals surface area contributed by atoms with Crippen molar-refractivity contribution >= 4 is 41.5 Å². The fourth-order valence-electron chi connectivity index (χ4n) is 3.22. The van der Waals surface area contributed by atoms with E-state index in [4.69, 9.17) is 0 Å². The molecular formula is C19H29F3IN5O. The second-order valence-electron chi connectivity index (χ2n) is 6.96. The Hall–Kier alpha value is -1.72. The third-order valence-electron chi connectivity index (χ3n) is 4.95. The van der Waals surface area contributed by atoms with Gasteiger partial charge in [0.1, 0.15) is 6.54 Å². The summed E-state index contributed by atoms with van der Waals surface area (Å²) >= 11 is 0. The molecule has 1 aromatic carbocycles. The van der Waals surface area contributed by atoms with Crippen LogP contribution in [-0.2, 0) is 4.79 Å². The number of aliphatic imine (C=N–C) groups is 1. The van der Waals surface area contributed by atoms with Crippen molar-refractivity contribution in [2.45, 2.75) is 20.0 Å². The lowest BCUT2D eigenvalue weighted by Crippen LogP contribution is -2.54. The predicted molar refractivity (Wildman–Crippen MR) is 120 cm³/mol. The summed E-state index contributed by atoms with van der Waals surface area (Å²) in [6.45, 7) is 5.73. The van der Waals surface area contributed by atoms with Gasteiger partial charge in [-0.05, 0) is 31.0 Å². The van der Waals surface area contributed by atoms with Gasteiger partial charge in [-0.3, -0.25) is 9.79 Å². The third kappa shape index (κ3) is 7.23. The first-order valence-corrected chi connectivity index (χ1v) is 9.20. The first-order valence-electron chi connectivity index (χ1n) is 9.20. The van der Waals surface area contributed by atoms with Crippen LogP contribution in [0.1, 0.15) is 11.1 Å². The smallest absolute Gasteiger partial charge is 0.368 e. The Balaban J connectivity index is 0.00000420. The second kappa shape index (κ2) is 10.9. The van der Waals surface area contributed by atoms with E-state index < -0.39 is 18.6 Å². The van der Waals surface area contributed by atoms with Crippen LogP contribution in [0.25, 0.3) is 0 Å². The van der Waals surface area contributed by atoms with Gasteiger partial charge in [0.25, 0.3) is 0 Å². The average molecular weight is 527 g/mol. The highest BCUT2D eigenvalue weighted by atomic mass is 127. The van der Waals surface area contributed by atoms with Crippen molar-refractivity contribution in [2.75, 3.05) is 58.3 Å². The quantitative estimate of drug-likeness (QED) is 0.372. The number of nitrogens with zero attached hydrogens (tertiary/aromatic N) is 4. The highest BCUT2D eigenvalue weighted by Gasteiger charge is 2.31. The van der Waals surface area contributed by atoms with E-state index in [2.05, 4.69) is 41.2 Å². The van der Waals surface area contributed by atoms with Gasteiger partial charge in [0, 0.05) is 46.0 Å². The van der Waals surface area contributed by atoms with Crippen molar-refractivity contribution in [3.05, 3.63) is 29.3 Å². The first-order chi connectivity index (χ1) is 13.1. The van der Waals surface area contributed by atoms with Crippen LogP contribution in [-0.4, -0.2) is 81.2 Å². The predicted octanol–water partition coefficient (Wildman–Crippen LogP) is 2.64. The Bertz CT molecular complexity index is 718. The standard InChI is InChI=1S/C19H28F3N5O.HI/c1-14-6-5-7-16(15(14)2)26-8-10-27(11-9-26)18(23-3)24-12-17(28)25(4)13-19(20,21)22;/h5-7H,8-13H2,1-4H3,(H,23,24);1H. The van der Waals surface area contributed by atoms with E-state index in [-0.39, 0.29) is 30.5 Å². The van der Waals surface area contributed by atoms with Crippen LogP contribution in [0.15, 0.2) is 23.2 Å². The Labute approximate surface area is 187 Å². The Kier molecular flexibility index (Phi) is 9.50. The molecule has 6 nitrogen and oxygen atoms in total. The van der Waals surface area contributed by atoms with Crippen LogP contribution in [0, 0.1) is 13.8 Å². The molecule has 0 aliphatic carbocycles. The zero-order chi connectivity index (χ0) is 20.9. The zero-order valence-electron chi connectivity index (χ0n) is 17.2. The minimum absolute atomic E-state index is 0. The van der Waals surface area contributed by atoms with E-state index in [1.54, 1.807) is 7.05 Å². The highest BCUT2D eigenvalue weighted by Crippen LogP contribution is 2.23. The molecule has 1 saturated heterocycles. The van der Waals surface area contributed by atoms with Crippen molar-refractivity contribution in [2.24, 2.45) is 4.99 Å². The van der Waals surface area contributed by atoms with Crippen molar-refractivity contribution in [3.63, 3.8) is 0 Å². The number of guanidine groups is 1. The largest absolute Gasteiger partial charge is 0.406 e. The summed E-state index contributed by atoms with van der Waals surface area (Å²) < 4.78 is 37.2. The van der Waals surface area contributed by atoms with Crippen LogP contribution in [0.3, 0.4) is 0 Å². The maximum atomic E-state index is 12.4. The maximum Gasteiger partial charge on any atom is 0.406 e. The van der Waals surface area contributed by atoms with E-state index >= 15 is 0 Å². The molecule has 1 fully saturated rings. The molecule has 164 valence electrons. The monoisotopic (exact) mass is 527 g/mol. The molecule has 0 bridgehead atoms. The van der Waals surface area contributed by atoms with Gasteiger partial charge in [-0.25, -0.2) is 0 Å². The maximum absolute atomic E-state index is 12.4. The summed E-state index contributed by atoms with van der Waals surface area (Å²) in [6.07, 6.45) is -4.41. The molecule has 0 atom stereocenters. The van der Waals surface area contributed by atoms with Gasteiger partial charge in [0.05, 0.1) is 6.54 Å². The number of carbonyl (C=O) groups excluding carboxylic acids is 1. The molecule has 0 spiro atoms. The molecule has 1 aliphatic rings. The molecule has 1 N–H and O–H groups in total. The molecule has 1 heterocycles. The number of anilines is 1. The lowest BCUT2D eigenvalue weighted by Gasteiger charge is -2.38. The van der Waals surface area contributed by atoms with Crippen molar-refractivity contribution in [1.29, 1.82) is 0 Å². The minimum atomic E-state index is -4.41. The summed E-state index contributed by atoms with van der Waals surface area (Å²) in [4.78, 5) is 21.1. The molecule has 0 radical (unpaired) electrons. The van der Waals surface area contributed by atoms with Crippen molar-refractivity contribution in [3.8, 4) is 0 Å². The summed E-state index contributed by atoms with van der Waals surface area (Å²) in [5.74, 6) is -0.109. The number of hydrogen-bond acceptors (Lipinski definition) is 3. The van der Waals surface area contributed by atoms with E-state index in [1.807, 2.05) is 11.0 Å². The molecule has 1 amide bonds. The molecule has 0 aromatic heterocycles. The van der Waals surface area contributed by atoms with Gasteiger partial charge in [0.15, 0.2) is 5.96 Å². The fourth-order valence-corrected chi connectivity index (χ4v) is 3.22. The molecule has 0 unspecified atom stereocenters. The van der Waals surface area contributed by atoms with Crippen LogP contribution in [0.4, 0.5) is 18.9 Å². The van der Waals surface area contributed by atoms with E-state index in [0.717, 1.165) is 20.1 Å². The number of rotatable bonds is 4. The number of carbonyl (C=O) groups is 1. The SMILES string of the molecule is CN=C(NCC(=O)N(C)CC(F)(F)F)N1CCN(c2cccc(C)c2C)CC1.I.